The number of carbonyl (C=O) groups is 2. The Kier molecular flexibility index (Phi) is 6.17. The van der Waals surface area contributed by atoms with Crippen LogP contribution in [0.1, 0.15) is 20.7 Å². The maximum absolute atomic E-state index is 12.8. The molecule has 0 amide bonds. The van der Waals surface area contributed by atoms with E-state index in [0.29, 0.717) is 10.0 Å². The molecule has 1 aromatic carbocycles. The molecular formula is C14H10Br2FNO3. The topological polar surface area (TPSA) is 58.2 Å². The van der Waals surface area contributed by atoms with E-state index in [9.17, 15) is 14.0 Å². The second-order valence-electron chi connectivity index (χ2n) is 4.15. The smallest absolute Gasteiger partial charge is 0.341 e. The van der Waals surface area contributed by atoms with E-state index < -0.39 is 11.8 Å². The number of rotatable bonds is 4. The Balaban J connectivity index is 0.00000220. The number of carboxylic acids is 1. The van der Waals surface area contributed by atoms with Crippen LogP contribution in [0.3, 0.4) is 0 Å². The van der Waals surface area contributed by atoms with Crippen molar-refractivity contribution in [2.45, 2.75) is 6.54 Å². The first-order chi connectivity index (χ1) is 9.45. The number of ketones is 1. The van der Waals surface area contributed by atoms with Gasteiger partial charge in [-0.15, -0.1) is 0 Å². The summed E-state index contributed by atoms with van der Waals surface area (Å²) in [6, 6.07) is 6.66. The molecule has 110 valence electrons. The molecule has 0 aliphatic carbocycles. The van der Waals surface area contributed by atoms with Gasteiger partial charge in [0.1, 0.15) is 11.4 Å². The van der Waals surface area contributed by atoms with Crippen molar-refractivity contribution >= 4 is 27.7 Å². The zero-order valence-electron chi connectivity index (χ0n) is 10.6. The summed E-state index contributed by atoms with van der Waals surface area (Å²) in [4.78, 5) is 22.9. The maximum atomic E-state index is 12.8. The fourth-order valence-corrected chi connectivity index (χ4v) is 2.21. The van der Waals surface area contributed by atoms with E-state index in [0.717, 1.165) is 0 Å². The predicted molar refractivity (Wildman–Crippen MR) is 72.0 cm³/mol. The van der Waals surface area contributed by atoms with Gasteiger partial charge in [-0.3, -0.25) is 4.79 Å². The van der Waals surface area contributed by atoms with E-state index in [1.165, 1.54) is 41.1 Å². The van der Waals surface area contributed by atoms with Crippen molar-refractivity contribution in [2.24, 2.45) is 0 Å². The van der Waals surface area contributed by atoms with Crippen LogP contribution in [0.4, 0.5) is 4.39 Å². The summed E-state index contributed by atoms with van der Waals surface area (Å²) in [7, 11) is 0. The number of hydrogen-bond donors (Lipinski definition) is 1. The number of Topliss-reactive ketones (excluding diaryl/α,β-unsaturated/α-hetero) is 1. The average molecular weight is 419 g/mol. The van der Waals surface area contributed by atoms with Crippen molar-refractivity contribution in [2.75, 3.05) is 0 Å². The van der Waals surface area contributed by atoms with Gasteiger partial charge in [-0.05, 0) is 46.3 Å². The van der Waals surface area contributed by atoms with Crippen molar-refractivity contribution < 1.29 is 40.6 Å². The minimum atomic E-state index is -1.07. The van der Waals surface area contributed by atoms with E-state index in [1.807, 2.05) is 0 Å². The first-order valence-electron chi connectivity index (χ1n) is 5.67. The Morgan fingerprint density at radius 1 is 1.14 bits per heavy atom. The summed E-state index contributed by atoms with van der Waals surface area (Å²) in [5, 5.41) is 8.95. The number of hydrogen-bond acceptors (Lipinski definition) is 2. The van der Waals surface area contributed by atoms with Crippen LogP contribution in [-0.4, -0.2) is 16.9 Å². The molecule has 4 nitrogen and oxygen atoms in total. The summed E-state index contributed by atoms with van der Waals surface area (Å²) in [5.74, 6) is -1.72. The number of benzene rings is 1. The molecule has 0 aliphatic rings. The zero-order valence-corrected chi connectivity index (χ0v) is 13.8. The zero-order chi connectivity index (χ0) is 14.7. The summed E-state index contributed by atoms with van der Waals surface area (Å²) < 4.78 is 14.8. The van der Waals surface area contributed by atoms with Crippen molar-refractivity contribution in [3.63, 3.8) is 0 Å². The average Bonchev–Trinajstić information content (AvgIpc) is 2.38. The van der Waals surface area contributed by atoms with Crippen LogP contribution in [0.25, 0.3) is 0 Å². The Morgan fingerprint density at radius 2 is 1.76 bits per heavy atom. The molecule has 2 aromatic rings. The van der Waals surface area contributed by atoms with Gasteiger partial charge in [0.15, 0.2) is 12.4 Å². The molecule has 0 fully saturated rings. The lowest BCUT2D eigenvalue weighted by Crippen LogP contribution is -3.00. The van der Waals surface area contributed by atoms with E-state index in [-0.39, 0.29) is 34.9 Å². The first-order valence-corrected chi connectivity index (χ1v) is 6.47. The molecule has 0 saturated carbocycles. The fourth-order valence-electron chi connectivity index (χ4n) is 1.70. The van der Waals surface area contributed by atoms with Crippen LogP contribution < -0.4 is 21.5 Å². The molecule has 0 saturated heterocycles. The second kappa shape index (κ2) is 7.42. The number of nitrogens with zero attached hydrogens (tertiary/aromatic N) is 1. The molecule has 1 aromatic heterocycles. The van der Waals surface area contributed by atoms with Gasteiger partial charge >= 0.3 is 5.97 Å². The summed E-state index contributed by atoms with van der Waals surface area (Å²) in [6.45, 7) is -0.0225. The van der Waals surface area contributed by atoms with Crippen LogP contribution in [-0.2, 0) is 6.54 Å². The number of pyridine rings is 1. The van der Waals surface area contributed by atoms with Crippen LogP contribution in [0.2, 0.25) is 0 Å². The van der Waals surface area contributed by atoms with Crippen LogP contribution in [0, 0.1) is 5.82 Å². The molecule has 0 unspecified atom stereocenters. The molecule has 0 aliphatic heterocycles. The van der Waals surface area contributed by atoms with Gasteiger partial charge in [-0.1, -0.05) is 0 Å². The molecule has 0 radical (unpaired) electrons. The Labute approximate surface area is 139 Å². The third-order valence-electron chi connectivity index (χ3n) is 2.63. The lowest BCUT2D eigenvalue weighted by Gasteiger charge is -2.00. The Hall–Kier alpha value is -1.60. The van der Waals surface area contributed by atoms with Gasteiger partial charge < -0.3 is 22.1 Å². The van der Waals surface area contributed by atoms with E-state index in [4.69, 9.17) is 5.11 Å². The predicted octanol–water partition coefficient (Wildman–Crippen LogP) is -0.539. The van der Waals surface area contributed by atoms with Gasteiger partial charge in [0.2, 0.25) is 12.3 Å². The fraction of sp³-hybridized carbons (Fsp3) is 0.0714. The highest BCUT2D eigenvalue weighted by Gasteiger charge is 2.16. The van der Waals surface area contributed by atoms with Gasteiger partial charge in [0, 0.05) is 5.56 Å². The third-order valence-corrected chi connectivity index (χ3v) is 3.06. The quantitative estimate of drug-likeness (QED) is 0.536. The molecule has 0 spiro atoms. The monoisotopic (exact) mass is 417 g/mol. The van der Waals surface area contributed by atoms with Gasteiger partial charge in [0.05, 0.1) is 4.47 Å². The van der Waals surface area contributed by atoms with Gasteiger partial charge in [0.25, 0.3) is 0 Å². The summed E-state index contributed by atoms with van der Waals surface area (Å²) >= 11 is 3.19. The van der Waals surface area contributed by atoms with Crippen molar-refractivity contribution in [3.05, 3.63) is 64.1 Å². The normalized spacial score (nSPS) is 9.81. The SMILES string of the molecule is O=C(O)c1cc(Br)c[n+](CC(=O)c2ccc(F)cc2)c1.[Br-]. The van der Waals surface area contributed by atoms with Crippen LogP contribution >= 0.6 is 15.9 Å². The molecular weight excluding hydrogens is 409 g/mol. The number of carbonyl (C=O) groups excluding carboxylic acids is 1. The second-order valence-corrected chi connectivity index (χ2v) is 5.07. The molecule has 1 heterocycles. The number of aromatic nitrogens is 1. The van der Waals surface area contributed by atoms with E-state index in [1.54, 1.807) is 6.20 Å². The molecule has 0 bridgehead atoms. The van der Waals surface area contributed by atoms with Crippen LogP contribution in [0.15, 0.2) is 47.2 Å². The molecule has 7 heteroatoms. The molecule has 0 atom stereocenters. The molecule has 1 N–H and O–H groups in total. The highest BCUT2D eigenvalue weighted by atomic mass is 79.9. The summed E-state index contributed by atoms with van der Waals surface area (Å²) in [6.07, 6.45) is 2.97. The number of carboxylic acid groups (broad SMARTS) is 1. The maximum Gasteiger partial charge on any atom is 0.341 e. The first kappa shape index (κ1) is 17.5. The van der Waals surface area contributed by atoms with Crippen molar-refractivity contribution in [1.29, 1.82) is 0 Å². The minimum absolute atomic E-state index is 0. The third kappa shape index (κ3) is 4.71. The van der Waals surface area contributed by atoms with Gasteiger partial charge in [-0.25, -0.2) is 9.18 Å². The molecule has 2 rings (SSSR count). The Morgan fingerprint density at radius 3 is 2.33 bits per heavy atom. The highest BCUT2D eigenvalue weighted by Crippen LogP contribution is 2.09. The summed E-state index contributed by atoms with van der Waals surface area (Å²) in [5.41, 5.74) is 0.446. The van der Waals surface area contributed by atoms with E-state index in [2.05, 4.69) is 15.9 Å². The number of aromatic carboxylic acids is 1. The standard InChI is InChI=1S/C14H9BrFNO3.BrH/c15-11-5-10(14(19)20)6-17(7-11)8-13(18)9-1-3-12(16)4-2-9;/h1-7H,8H2;1H. The van der Waals surface area contributed by atoms with E-state index >= 15 is 0 Å². The molecule has 21 heavy (non-hydrogen) atoms. The lowest BCUT2D eigenvalue weighted by atomic mass is 10.1. The van der Waals surface area contributed by atoms with Crippen molar-refractivity contribution in [3.8, 4) is 0 Å². The Bertz CT molecular complexity index is 674. The van der Waals surface area contributed by atoms with Crippen LogP contribution in [0.5, 0.6) is 0 Å². The van der Waals surface area contributed by atoms with Crippen molar-refractivity contribution in [1.82, 2.24) is 0 Å². The highest BCUT2D eigenvalue weighted by molar-refractivity contribution is 9.10. The lowest BCUT2D eigenvalue weighted by molar-refractivity contribution is -0.683. The van der Waals surface area contributed by atoms with Gasteiger partial charge in [-0.2, -0.15) is 4.57 Å². The minimum Gasteiger partial charge on any atom is -1.00 e. The number of halogens is 3. The largest absolute Gasteiger partial charge is 1.00 e.